The molecule has 1 fully saturated rings. The van der Waals surface area contributed by atoms with E-state index in [0.29, 0.717) is 15.8 Å². The van der Waals surface area contributed by atoms with Crippen molar-refractivity contribution < 1.29 is 8.42 Å². The Balaban J connectivity index is 1.64. The smallest absolute Gasteiger partial charge is 0.271 e. The van der Waals surface area contributed by atoms with E-state index in [1.165, 1.54) is 37.0 Å². The molecule has 2 aromatic heterocycles. The van der Waals surface area contributed by atoms with Gasteiger partial charge < -0.3 is 4.98 Å². The fourth-order valence-corrected chi connectivity index (χ4v) is 5.15. The molecule has 0 radical (unpaired) electrons. The Bertz CT molecular complexity index is 924. The van der Waals surface area contributed by atoms with Crippen molar-refractivity contribution in [1.29, 1.82) is 0 Å². The highest BCUT2D eigenvalue weighted by Crippen LogP contribution is 2.33. The van der Waals surface area contributed by atoms with E-state index in [-0.39, 0.29) is 0 Å². The molecular weight excluding hydrogens is 330 g/mol. The summed E-state index contributed by atoms with van der Waals surface area (Å²) in [4.78, 5) is 8.01. The molecule has 0 aliphatic heterocycles. The standard InChI is InChI=1S/C16H17N3O2S2/c20-23(21,15-6-3-9-22-15)19-12-7-8-13-14(10-12)18-16(17-13)11-4-1-2-5-11/h3,6-11,19H,1-2,4-5H2,(H,17,18). The van der Waals surface area contributed by atoms with Crippen molar-refractivity contribution in [2.24, 2.45) is 0 Å². The summed E-state index contributed by atoms with van der Waals surface area (Å²) in [5.41, 5.74) is 2.30. The molecular formula is C16H17N3O2S2. The first kappa shape index (κ1) is 14.7. The molecule has 1 aromatic carbocycles. The second kappa shape index (κ2) is 5.65. The summed E-state index contributed by atoms with van der Waals surface area (Å²) in [5, 5.41) is 1.75. The van der Waals surface area contributed by atoms with Crippen LogP contribution in [0.5, 0.6) is 0 Å². The van der Waals surface area contributed by atoms with Gasteiger partial charge in [-0.2, -0.15) is 0 Å². The lowest BCUT2D eigenvalue weighted by atomic mass is 10.1. The highest BCUT2D eigenvalue weighted by atomic mass is 32.2. The first-order valence-corrected chi connectivity index (χ1v) is 10.0. The minimum Gasteiger partial charge on any atom is -0.342 e. The zero-order valence-electron chi connectivity index (χ0n) is 12.5. The first-order valence-electron chi connectivity index (χ1n) is 7.68. The average Bonchev–Trinajstić information content (AvgIpc) is 3.26. The van der Waals surface area contributed by atoms with Crippen LogP contribution < -0.4 is 4.72 Å². The van der Waals surface area contributed by atoms with Crippen LogP contribution in [0.1, 0.15) is 37.4 Å². The Morgan fingerprint density at radius 1 is 1.22 bits per heavy atom. The van der Waals surface area contributed by atoms with Crippen LogP contribution in [-0.2, 0) is 10.0 Å². The molecule has 0 atom stereocenters. The molecule has 7 heteroatoms. The van der Waals surface area contributed by atoms with Crippen LogP contribution in [-0.4, -0.2) is 18.4 Å². The lowest BCUT2D eigenvalue weighted by Crippen LogP contribution is -2.11. The highest BCUT2D eigenvalue weighted by molar-refractivity contribution is 7.94. The molecule has 2 heterocycles. The predicted octanol–water partition coefficient (Wildman–Crippen LogP) is 4.08. The van der Waals surface area contributed by atoms with Gasteiger partial charge in [-0.25, -0.2) is 13.4 Å². The number of anilines is 1. The summed E-state index contributed by atoms with van der Waals surface area (Å²) in [5.74, 6) is 1.53. The number of aromatic nitrogens is 2. The number of nitrogens with zero attached hydrogens (tertiary/aromatic N) is 1. The first-order chi connectivity index (χ1) is 11.1. The van der Waals surface area contributed by atoms with Crippen LogP contribution in [0.2, 0.25) is 0 Å². The topological polar surface area (TPSA) is 74.8 Å². The third-order valence-corrected chi connectivity index (χ3v) is 7.03. The molecule has 4 rings (SSSR count). The number of H-pyrrole nitrogens is 1. The molecule has 1 aliphatic carbocycles. The van der Waals surface area contributed by atoms with Crippen LogP contribution >= 0.6 is 11.3 Å². The minimum absolute atomic E-state index is 0.314. The Labute approximate surface area is 138 Å². The van der Waals surface area contributed by atoms with Gasteiger partial charge in [-0.05, 0) is 42.5 Å². The van der Waals surface area contributed by atoms with E-state index in [1.807, 2.05) is 12.1 Å². The third-order valence-electron chi connectivity index (χ3n) is 4.25. The zero-order chi connectivity index (χ0) is 15.9. The van der Waals surface area contributed by atoms with Gasteiger partial charge in [0.05, 0.1) is 16.7 Å². The van der Waals surface area contributed by atoms with Gasteiger partial charge in [0.1, 0.15) is 10.0 Å². The summed E-state index contributed by atoms with van der Waals surface area (Å²) >= 11 is 1.20. The number of thiophene rings is 1. The lowest BCUT2D eigenvalue weighted by Gasteiger charge is -2.05. The van der Waals surface area contributed by atoms with Gasteiger partial charge in [0.25, 0.3) is 10.0 Å². The molecule has 2 N–H and O–H groups in total. The normalized spacial score (nSPS) is 16.2. The Morgan fingerprint density at radius 3 is 2.78 bits per heavy atom. The monoisotopic (exact) mass is 347 g/mol. The fourth-order valence-electron chi connectivity index (χ4n) is 3.11. The summed E-state index contributed by atoms with van der Waals surface area (Å²) < 4.78 is 27.5. The maximum Gasteiger partial charge on any atom is 0.271 e. The van der Waals surface area contributed by atoms with Crippen LogP contribution in [0, 0.1) is 0 Å². The average molecular weight is 347 g/mol. The number of benzene rings is 1. The minimum atomic E-state index is -3.51. The number of nitrogens with one attached hydrogen (secondary N) is 2. The van der Waals surface area contributed by atoms with Crippen LogP contribution in [0.15, 0.2) is 39.9 Å². The Morgan fingerprint density at radius 2 is 2.04 bits per heavy atom. The van der Waals surface area contributed by atoms with Gasteiger partial charge in [-0.1, -0.05) is 18.9 Å². The Hall–Kier alpha value is -1.86. The van der Waals surface area contributed by atoms with Gasteiger partial charge in [-0.3, -0.25) is 4.72 Å². The number of imidazole rings is 1. The van der Waals surface area contributed by atoms with E-state index in [4.69, 9.17) is 0 Å². The van der Waals surface area contributed by atoms with E-state index >= 15 is 0 Å². The molecule has 3 aromatic rings. The molecule has 1 aliphatic rings. The van der Waals surface area contributed by atoms with Gasteiger partial charge >= 0.3 is 0 Å². The molecule has 0 saturated heterocycles. The van der Waals surface area contributed by atoms with E-state index < -0.39 is 10.0 Å². The Kier molecular flexibility index (Phi) is 3.61. The van der Waals surface area contributed by atoms with Crippen LogP contribution in [0.4, 0.5) is 5.69 Å². The van der Waals surface area contributed by atoms with Crippen molar-refractivity contribution in [3.63, 3.8) is 0 Å². The SMILES string of the molecule is O=S(=O)(Nc1ccc2nc(C3CCCC3)[nH]c2c1)c1cccs1. The molecule has 120 valence electrons. The molecule has 0 amide bonds. The van der Waals surface area contributed by atoms with Crippen molar-refractivity contribution >= 4 is 38.1 Å². The van der Waals surface area contributed by atoms with Gasteiger partial charge in [-0.15, -0.1) is 11.3 Å². The van der Waals surface area contributed by atoms with Crippen LogP contribution in [0.25, 0.3) is 11.0 Å². The molecule has 0 spiro atoms. The van der Waals surface area contributed by atoms with E-state index in [1.54, 1.807) is 23.6 Å². The van der Waals surface area contributed by atoms with E-state index in [9.17, 15) is 8.42 Å². The number of sulfonamides is 1. The number of fused-ring (bicyclic) bond motifs is 1. The van der Waals surface area contributed by atoms with E-state index in [0.717, 1.165) is 16.9 Å². The molecule has 23 heavy (non-hydrogen) atoms. The number of hydrogen-bond donors (Lipinski definition) is 2. The largest absolute Gasteiger partial charge is 0.342 e. The van der Waals surface area contributed by atoms with Crippen molar-refractivity contribution in [1.82, 2.24) is 9.97 Å². The van der Waals surface area contributed by atoms with Crippen molar-refractivity contribution in [2.45, 2.75) is 35.8 Å². The van der Waals surface area contributed by atoms with Crippen molar-refractivity contribution in [3.05, 3.63) is 41.5 Å². The van der Waals surface area contributed by atoms with Gasteiger partial charge in [0.15, 0.2) is 0 Å². The predicted molar refractivity (Wildman–Crippen MR) is 92.4 cm³/mol. The summed E-state index contributed by atoms with van der Waals surface area (Å²) in [6.45, 7) is 0. The van der Waals surface area contributed by atoms with E-state index in [2.05, 4.69) is 14.7 Å². The van der Waals surface area contributed by atoms with Crippen molar-refractivity contribution in [3.8, 4) is 0 Å². The maximum atomic E-state index is 12.3. The fraction of sp³-hybridized carbons (Fsp3) is 0.312. The zero-order valence-corrected chi connectivity index (χ0v) is 14.1. The van der Waals surface area contributed by atoms with Crippen molar-refractivity contribution in [2.75, 3.05) is 4.72 Å². The second-order valence-electron chi connectivity index (χ2n) is 5.87. The molecule has 5 nitrogen and oxygen atoms in total. The number of aromatic amines is 1. The third kappa shape index (κ3) is 2.86. The molecule has 1 saturated carbocycles. The van der Waals surface area contributed by atoms with Gasteiger partial charge in [0.2, 0.25) is 0 Å². The summed E-state index contributed by atoms with van der Waals surface area (Å²) in [7, 11) is -3.51. The number of rotatable bonds is 4. The second-order valence-corrected chi connectivity index (χ2v) is 8.73. The molecule has 0 unspecified atom stereocenters. The summed E-state index contributed by atoms with van der Waals surface area (Å²) in [6.07, 6.45) is 4.87. The molecule has 0 bridgehead atoms. The summed E-state index contributed by atoms with van der Waals surface area (Å²) in [6, 6.07) is 8.75. The maximum absolute atomic E-state index is 12.3. The lowest BCUT2D eigenvalue weighted by molar-refractivity contribution is 0.603. The van der Waals surface area contributed by atoms with Crippen LogP contribution in [0.3, 0.4) is 0 Å². The quantitative estimate of drug-likeness (QED) is 0.746. The number of hydrogen-bond acceptors (Lipinski definition) is 4. The highest BCUT2D eigenvalue weighted by Gasteiger charge is 2.21. The van der Waals surface area contributed by atoms with Gasteiger partial charge in [0, 0.05) is 5.92 Å².